The molecule has 1 fully saturated rings. The Bertz CT molecular complexity index is 99.5. The largest absolute Gasteiger partial charge is 0.365 e. The van der Waals surface area contributed by atoms with Crippen LogP contribution in [0, 0.1) is 5.41 Å². The highest BCUT2D eigenvalue weighted by Gasteiger charge is 2.45. The van der Waals surface area contributed by atoms with E-state index in [1.165, 1.54) is 0 Å². The van der Waals surface area contributed by atoms with E-state index in [1.807, 2.05) is 0 Å². The molecular formula is C5H10O4. The van der Waals surface area contributed by atoms with Crippen LogP contribution in [0.5, 0.6) is 0 Å². The van der Waals surface area contributed by atoms with Gasteiger partial charge in [0.25, 0.3) is 0 Å². The van der Waals surface area contributed by atoms with Crippen molar-refractivity contribution in [1.82, 2.24) is 0 Å². The first-order chi connectivity index (χ1) is 4.05. The zero-order chi connectivity index (χ0) is 7.07. The first-order valence-corrected chi connectivity index (χ1v) is 2.73. The fourth-order valence-electron chi connectivity index (χ4n) is 0.475. The van der Waals surface area contributed by atoms with Crippen LogP contribution in [0.3, 0.4) is 0 Å². The summed E-state index contributed by atoms with van der Waals surface area (Å²) in [4.78, 5) is 8.57. The van der Waals surface area contributed by atoms with Gasteiger partial charge >= 0.3 is 0 Å². The zero-order valence-electron chi connectivity index (χ0n) is 5.37. The first-order valence-electron chi connectivity index (χ1n) is 2.73. The van der Waals surface area contributed by atoms with E-state index >= 15 is 0 Å². The molecule has 4 heteroatoms. The van der Waals surface area contributed by atoms with Crippen molar-refractivity contribution >= 4 is 0 Å². The van der Waals surface area contributed by atoms with E-state index in [4.69, 9.17) is 10.2 Å². The predicted octanol–water partition coefficient (Wildman–Crippen LogP) is -0.389. The fraction of sp³-hybridized carbons (Fsp3) is 1.00. The highest BCUT2D eigenvalue weighted by molar-refractivity contribution is 4.76. The van der Waals surface area contributed by atoms with Crippen LogP contribution in [0.2, 0.25) is 0 Å². The second-order valence-corrected chi connectivity index (χ2v) is 2.72. The molecule has 2 atom stereocenters. The van der Waals surface area contributed by atoms with Crippen molar-refractivity contribution in [3.8, 4) is 0 Å². The molecule has 2 unspecified atom stereocenters. The third kappa shape index (κ3) is 0.943. The van der Waals surface area contributed by atoms with Crippen molar-refractivity contribution in [2.75, 3.05) is 0 Å². The topological polar surface area (TPSA) is 58.9 Å². The minimum Gasteiger partial charge on any atom is -0.365 e. The summed E-state index contributed by atoms with van der Waals surface area (Å²) in [7, 11) is 0. The van der Waals surface area contributed by atoms with Crippen molar-refractivity contribution < 1.29 is 20.0 Å². The van der Waals surface area contributed by atoms with Crippen LogP contribution in [0.4, 0.5) is 0 Å². The summed E-state index contributed by atoms with van der Waals surface area (Å²) >= 11 is 0. The summed E-state index contributed by atoms with van der Waals surface area (Å²) in [5, 5.41) is 17.8. The summed E-state index contributed by atoms with van der Waals surface area (Å²) in [6.45, 7) is 3.30. The molecule has 0 saturated carbocycles. The van der Waals surface area contributed by atoms with Crippen LogP contribution >= 0.6 is 0 Å². The van der Waals surface area contributed by atoms with Gasteiger partial charge in [-0.15, -0.1) is 0 Å². The quantitative estimate of drug-likeness (QED) is 0.443. The highest BCUT2D eigenvalue weighted by Crippen LogP contribution is 2.33. The molecule has 0 radical (unpaired) electrons. The number of aliphatic hydroxyl groups excluding tert-OH is 2. The molecule has 0 aromatic heterocycles. The van der Waals surface area contributed by atoms with Crippen molar-refractivity contribution in [1.29, 1.82) is 0 Å². The van der Waals surface area contributed by atoms with Crippen molar-refractivity contribution in [2.24, 2.45) is 5.41 Å². The monoisotopic (exact) mass is 134 g/mol. The van der Waals surface area contributed by atoms with E-state index in [-0.39, 0.29) is 0 Å². The minimum atomic E-state index is -1.03. The van der Waals surface area contributed by atoms with Gasteiger partial charge in [-0.2, -0.15) is 0 Å². The molecule has 1 heterocycles. The van der Waals surface area contributed by atoms with Crippen molar-refractivity contribution in [3.05, 3.63) is 0 Å². The first kappa shape index (κ1) is 6.95. The van der Waals surface area contributed by atoms with Gasteiger partial charge in [0.2, 0.25) is 0 Å². The van der Waals surface area contributed by atoms with Gasteiger partial charge in [0, 0.05) is 0 Å². The van der Waals surface area contributed by atoms with Gasteiger partial charge in [0.1, 0.15) is 0 Å². The molecule has 0 spiro atoms. The summed E-state index contributed by atoms with van der Waals surface area (Å²) in [5.74, 6) is 0. The molecule has 9 heavy (non-hydrogen) atoms. The number of hydrogen-bond donors (Lipinski definition) is 2. The second-order valence-electron chi connectivity index (χ2n) is 2.72. The SMILES string of the molecule is CC1(C)C(O)OOC1O. The molecule has 1 aliphatic heterocycles. The summed E-state index contributed by atoms with van der Waals surface area (Å²) in [6, 6.07) is 0. The van der Waals surface area contributed by atoms with Gasteiger partial charge in [-0.3, -0.25) is 0 Å². The van der Waals surface area contributed by atoms with Gasteiger partial charge in [0.05, 0.1) is 5.41 Å². The normalized spacial score (nSPS) is 41.3. The van der Waals surface area contributed by atoms with Crippen LogP contribution in [-0.2, 0) is 9.78 Å². The van der Waals surface area contributed by atoms with Gasteiger partial charge < -0.3 is 10.2 Å². The molecule has 0 aromatic carbocycles. The van der Waals surface area contributed by atoms with E-state index in [1.54, 1.807) is 13.8 Å². The van der Waals surface area contributed by atoms with Crippen molar-refractivity contribution in [2.45, 2.75) is 26.4 Å². The predicted molar refractivity (Wildman–Crippen MR) is 28.0 cm³/mol. The van der Waals surface area contributed by atoms with Crippen LogP contribution in [-0.4, -0.2) is 22.8 Å². The number of rotatable bonds is 0. The van der Waals surface area contributed by atoms with Gasteiger partial charge in [-0.1, -0.05) is 0 Å². The van der Waals surface area contributed by atoms with Crippen LogP contribution < -0.4 is 0 Å². The summed E-state index contributed by atoms with van der Waals surface area (Å²) < 4.78 is 0. The lowest BCUT2D eigenvalue weighted by molar-refractivity contribution is -0.359. The molecule has 0 bridgehead atoms. The van der Waals surface area contributed by atoms with E-state index < -0.39 is 18.0 Å². The smallest absolute Gasteiger partial charge is 0.198 e. The molecular weight excluding hydrogens is 124 g/mol. The molecule has 1 aliphatic rings. The van der Waals surface area contributed by atoms with Crippen LogP contribution in [0.25, 0.3) is 0 Å². The Morgan fingerprint density at radius 3 is 1.56 bits per heavy atom. The van der Waals surface area contributed by atoms with E-state index in [2.05, 4.69) is 9.78 Å². The van der Waals surface area contributed by atoms with Gasteiger partial charge in [-0.25, -0.2) is 9.78 Å². The Hall–Kier alpha value is -0.160. The summed E-state index contributed by atoms with van der Waals surface area (Å²) in [6.07, 6.45) is -2.07. The van der Waals surface area contributed by atoms with E-state index in [9.17, 15) is 0 Å². The Kier molecular flexibility index (Phi) is 1.48. The molecule has 1 rings (SSSR count). The van der Waals surface area contributed by atoms with Gasteiger partial charge in [-0.05, 0) is 13.8 Å². The standard InChI is InChI=1S/C5H10O4/c1-5(2)3(6)8-9-4(5)7/h3-4,6-7H,1-2H3. The lowest BCUT2D eigenvalue weighted by Crippen LogP contribution is -2.32. The lowest BCUT2D eigenvalue weighted by atomic mass is 9.93. The van der Waals surface area contributed by atoms with Crippen molar-refractivity contribution in [3.63, 3.8) is 0 Å². The lowest BCUT2D eigenvalue weighted by Gasteiger charge is -2.19. The molecule has 4 nitrogen and oxygen atoms in total. The molecule has 2 N–H and O–H groups in total. The highest BCUT2D eigenvalue weighted by atomic mass is 17.2. The molecule has 1 saturated heterocycles. The van der Waals surface area contributed by atoms with Crippen LogP contribution in [0.1, 0.15) is 13.8 Å². The fourth-order valence-corrected chi connectivity index (χ4v) is 0.475. The average molecular weight is 134 g/mol. The molecule has 54 valence electrons. The Morgan fingerprint density at radius 1 is 1.11 bits per heavy atom. The van der Waals surface area contributed by atoms with Gasteiger partial charge in [0.15, 0.2) is 12.6 Å². The Labute approximate surface area is 52.9 Å². The minimum absolute atomic E-state index is 0.722. The molecule has 0 aromatic rings. The van der Waals surface area contributed by atoms with E-state index in [0.29, 0.717) is 0 Å². The third-order valence-corrected chi connectivity index (χ3v) is 1.51. The Morgan fingerprint density at radius 2 is 1.44 bits per heavy atom. The van der Waals surface area contributed by atoms with Crippen LogP contribution in [0.15, 0.2) is 0 Å². The average Bonchev–Trinajstić information content (AvgIpc) is 1.96. The second kappa shape index (κ2) is 1.91. The molecule has 0 aliphatic carbocycles. The summed E-state index contributed by atoms with van der Waals surface area (Å²) in [5.41, 5.74) is -0.722. The molecule has 0 amide bonds. The zero-order valence-corrected chi connectivity index (χ0v) is 5.37. The maximum Gasteiger partial charge on any atom is 0.198 e. The number of aliphatic hydroxyl groups is 2. The Balaban J connectivity index is 2.66. The third-order valence-electron chi connectivity index (χ3n) is 1.51. The maximum atomic E-state index is 8.92. The van der Waals surface area contributed by atoms with E-state index in [0.717, 1.165) is 0 Å². The number of hydrogen-bond acceptors (Lipinski definition) is 4. The maximum absolute atomic E-state index is 8.92.